The molecule has 180 valence electrons. The van der Waals surface area contributed by atoms with Crippen molar-refractivity contribution >= 4 is 17.6 Å². The summed E-state index contributed by atoms with van der Waals surface area (Å²) in [4.78, 5) is 17.8. The van der Waals surface area contributed by atoms with Crippen LogP contribution in [0, 0.1) is 13.8 Å². The molecule has 3 aromatic rings. The number of aliphatic imine (C=N–C) groups is 1. The molecule has 0 saturated heterocycles. The van der Waals surface area contributed by atoms with E-state index in [1.54, 1.807) is 0 Å². The Balaban J connectivity index is 1.87. The second-order valence-electron chi connectivity index (χ2n) is 9.59. The lowest BCUT2D eigenvalue weighted by molar-refractivity contribution is 0.0977. The summed E-state index contributed by atoms with van der Waals surface area (Å²) in [5, 5.41) is 10.9. The number of amides is 1. The lowest BCUT2D eigenvalue weighted by Gasteiger charge is -2.19. The van der Waals surface area contributed by atoms with Crippen LogP contribution in [0.4, 0.5) is 5.69 Å². The maximum absolute atomic E-state index is 13.1. The number of aryl methyl sites for hydroxylation is 3. The van der Waals surface area contributed by atoms with Gasteiger partial charge in [0.2, 0.25) is 5.96 Å². The largest absolute Gasteiger partial charge is 0.326 e. The second-order valence-corrected chi connectivity index (χ2v) is 9.59. The van der Waals surface area contributed by atoms with Crippen LogP contribution in [0.2, 0.25) is 0 Å². The molecule has 0 aliphatic heterocycles. The van der Waals surface area contributed by atoms with Crippen molar-refractivity contribution in [2.24, 2.45) is 4.99 Å². The molecule has 0 spiro atoms. The monoisotopic (exact) mass is 459 g/mol. The summed E-state index contributed by atoms with van der Waals surface area (Å²) >= 11 is 0. The summed E-state index contributed by atoms with van der Waals surface area (Å²) in [5.74, 6) is 0.220. The van der Waals surface area contributed by atoms with Crippen LogP contribution in [0.5, 0.6) is 0 Å². The van der Waals surface area contributed by atoms with Gasteiger partial charge in [-0.2, -0.15) is 5.10 Å². The van der Waals surface area contributed by atoms with Gasteiger partial charge in [0, 0.05) is 29.1 Å². The van der Waals surface area contributed by atoms with E-state index in [1.165, 1.54) is 11.1 Å². The van der Waals surface area contributed by atoms with Gasteiger partial charge < -0.3 is 5.32 Å². The minimum Gasteiger partial charge on any atom is -0.326 e. The van der Waals surface area contributed by atoms with Gasteiger partial charge in [0.05, 0.1) is 12.2 Å². The van der Waals surface area contributed by atoms with Crippen LogP contribution in [0.25, 0.3) is 0 Å². The number of guanidine groups is 1. The van der Waals surface area contributed by atoms with Gasteiger partial charge in [-0.25, -0.2) is 4.99 Å². The van der Waals surface area contributed by atoms with E-state index in [4.69, 9.17) is 4.99 Å². The van der Waals surface area contributed by atoms with Gasteiger partial charge in [-0.15, -0.1) is 0 Å². The normalized spacial score (nSPS) is 12.0. The molecule has 6 heteroatoms. The van der Waals surface area contributed by atoms with Crippen molar-refractivity contribution < 1.29 is 4.79 Å². The maximum Gasteiger partial charge on any atom is 0.257 e. The molecule has 34 heavy (non-hydrogen) atoms. The molecule has 0 atom stereocenters. The first-order valence-electron chi connectivity index (χ1n) is 12.0. The molecule has 0 saturated carbocycles. The average Bonchev–Trinajstić information content (AvgIpc) is 3.09. The fourth-order valence-electron chi connectivity index (χ4n) is 3.85. The minimum atomic E-state index is -0.198. The number of benzene rings is 2. The van der Waals surface area contributed by atoms with E-state index in [-0.39, 0.29) is 11.3 Å². The smallest absolute Gasteiger partial charge is 0.257 e. The van der Waals surface area contributed by atoms with Crippen LogP contribution >= 0.6 is 0 Å². The third kappa shape index (κ3) is 6.13. The van der Waals surface area contributed by atoms with Crippen LogP contribution in [0.1, 0.15) is 73.1 Å². The topological polar surface area (TPSA) is 71.3 Å². The Morgan fingerprint density at radius 3 is 2.35 bits per heavy atom. The van der Waals surface area contributed by atoms with Gasteiger partial charge in [0.15, 0.2) is 0 Å². The van der Waals surface area contributed by atoms with Crippen molar-refractivity contribution in [2.45, 2.75) is 73.4 Å². The van der Waals surface area contributed by atoms with Gasteiger partial charge in [-0.3, -0.25) is 14.8 Å². The van der Waals surface area contributed by atoms with Crippen LogP contribution < -0.4 is 10.6 Å². The highest BCUT2D eigenvalue weighted by Gasteiger charge is 2.16. The summed E-state index contributed by atoms with van der Waals surface area (Å²) in [5.41, 5.74) is 7.05. The molecule has 0 aliphatic rings. The van der Waals surface area contributed by atoms with Crippen molar-refractivity contribution in [3.8, 4) is 0 Å². The quantitative estimate of drug-likeness (QED) is 0.363. The van der Waals surface area contributed by atoms with E-state index in [0.29, 0.717) is 18.1 Å². The third-order valence-electron chi connectivity index (χ3n) is 6.07. The van der Waals surface area contributed by atoms with Crippen molar-refractivity contribution in [3.05, 3.63) is 82.2 Å². The Bertz CT molecular complexity index is 1170. The van der Waals surface area contributed by atoms with Crippen LogP contribution in [0.3, 0.4) is 0 Å². The number of anilines is 1. The van der Waals surface area contributed by atoms with E-state index in [9.17, 15) is 4.79 Å². The SMILES string of the molecule is CCc1cccc(NC(=NCc2c(C)nn(CC)c2C)NC(=O)c2ccc(C(C)(C)C)cc2)c1. The molecule has 2 N–H and O–H groups in total. The fourth-order valence-corrected chi connectivity index (χ4v) is 3.85. The molecule has 2 aromatic carbocycles. The Hall–Kier alpha value is -3.41. The molecular weight excluding hydrogens is 422 g/mol. The van der Waals surface area contributed by atoms with E-state index in [2.05, 4.69) is 69.4 Å². The Morgan fingerprint density at radius 2 is 1.76 bits per heavy atom. The number of nitrogens with zero attached hydrogens (tertiary/aromatic N) is 3. The second kappa shape index (κ2) is 10.7. The Labute approximate surface area is 203 Å². The first-order valence-corrected chi connectivity index (χ1v) is 12.0. The number of nitrogens with one attached hydrogen (secondary N) is 2. The molecule has 0 unspecified atom stereocenters. The zero-order chi connectivity index (χ0) is 24.9. The van der Waals surface area contributed by atoms with Crippen LogP contribution in [0.15, 0.2) is 53.5 Å². The number of hydrogen-bond acceptors (Lipinski definition) is 3. The summed E-state index contributed by atoms with van der Waals surface area (Å²) < 4.78 is 1.98. The standard InChI is InChI=1S/C28H37N5O/c1-8-21-11-10-12-24(17-21)30-27(29-18-25-19(3)32-33(9-2)20(25)4)31-26(34)22-13-15-23(16-14-22)28(5,6)7/h10-17H,8-9,18H2,1-7H3,(H2,29,30,31,34). The van der Waals surface area contributed by atoms with Gasteiger partial charge in [0.25, 0.3) is 5.91 Å². The number of aromatic nitrogens is 2. The summed E-state index contributed by atoms with van der Waals surface area (Å²) in [6.07, 6.45) is 0.934. The van der Waals surface area contributed by atoms with Crippen LogP contribution in [-0.4, -0.2) is 21.6 Å². The summed E-state index contributed by atoms with van der Waals surface area (Å²) in [6, 6.07) is 15.9. The van der Waals surface area contributed by atoms with E-state index in [0.717, 1.165) is 35.6 Å². The van der Waals surface area contributed by atoms with Gasteiger partial charge in [-0.1, -0.05) is 52.0 Å². The molecule has 1 amide bonds. The van der Waals surface area contributed by atoms with Gasteiger partial charge in [-0.05, 0) is 68.0 Å². The van der Waals surface area contributed by atoms with Crippen molar-refractivity contribution in [2.75, 3.05) is 5.32 Å². The predicted octanol–water partition coefficient (Wildman–Crippen LogP) is 5.78. The predicted molar refractivity (Wildman–Crippen MR) is 141 cm³/mol. The first-order chi connectivity index (χ1) is 16.1. The van der Waals surface area contributed by atoms with Gasteiger partial charge >= 0.3 is 0 Å². The molecule has 0 radical (unpaired) electrons. The Kier molecular flexibility index (Phi) is 7.92. The van der Waals surface area contributed by atoms with Crippen molar-refractivity contribution in [3.63, 3.8) is 0 Å². The molecule has 1 heterocycles. The van der Waals surface area contributed by atoms with Crippen molar-refractivity contribution in [1.29, 1.82) is 0 Å². The lowest BCUT2D eigenvalue weighted by Crippen LogP contribution is -2.36. The Morgan fingerprint density at radius 1 is 1.06 bits per heavy atom. The molecule has 0 bridgehead atoms. The van der Waals surface area contributed by atoms with E-state index < -0.39 is 0 Å². The average molecular weight is 460 g/mol. The molecule has 6 nitrogen and oxygen atoms in total. The van der Waals surface area contributed by atoms with E-state index >= 15 is 0 Å². The van der Waals surface area contributed by atoms with Crippen molar-refractivity contribution in [1.82, 2.24) is 15.1 Å². The molecular formula is C28H37N5O. The third-order valence-corrected chi connectivity index (χ3v) is 6.07. The number of carbonyl (C=O) groups is 1. The van der Waals surface area contributed by atoms with Gasteiger partial charge in [0.1, 0.15) is 0 Å². The molecule has 3 rings (SSSR count). The first kappa shape index (κ1) is 25.2. The highest BCUT2D eigenvalue weighted by Crippen LogP contribution is 2.22. The maximum atomic E-state index is 13.1. The fraction of sp³-hybridized carbons (Fsp3) is 0.393. The highest BCUT2D eigenvalue weighted by atomic mass is 16.1. The zero-order valence-corrected chi connectivity index (χ0v) is 21.5. The number of rotatable bonds is 6. The van der Waals surface area contributed by atoms with E-state index in [1.807, 2.05) is 48.0 Å². The highest BCUT2D eigenvalue weighted by molar-refractivity contribution is 6.10. The van der Waals surface area contributed by atoms with Crippen LogP contribution in [-0.2, 0) is 24.9 Å². The number of hydrogen-bond donors (Lipinski definition) is 2. The molecule has 1 aromatic heterocycles. The zero-order valence-electron chi connectivity index (χ0n) is 21.5. The summed E-state index contributed by atoms with van der Waals surface area (Å²) in [7, 11) is 0. The number of carbonyl (C=O) groups excluding carboxylic acids is 1. The molecule has 0 aliphatic carbocycles. The lowest BCUT2D eigenvalue weighted by atomic mass is 9.87. The minimum absolute atomic E-state index is 0.0339. The molecule has 0 fully saturated rings. The summed E-state index contributed by atoms with van der Waals surface area (Å²) in [6.45, 7) is 16.0.